The van der Waals surface area contributed by atoms with Gasteiger partial charge < -0.3 is 25.0 Å². The van der Waals surface area contributed by atoms with Gasteiger partial charge in [0.25, 0.3) is 0 Å². The third-order valence-corrected chi connectivity index (χ3v) is 4.17. The van der Waals surface area contributed by atoms with Gasteiger partial charge in [-0.1, -0.05) is 6.92 Å². The molecule has 1 aliphatic heterocycles. The lowest BCUT2D eigenvalue weighted by Crippen LogP contribution is -2.44. The second-order valence-corrected chi connectivity index (χ2v) is 7.96. The number of amides is 1. The molecule has 0 aromatic carbocycles. The highest BCUT2D eigenvalue weighted by atomic mass is 16.6. The third kappa shape index (κ3) is 11.3. The van der Waals surface area contributed by atoms with Crippen LogP contribution in [-0.4, -0.2) is 93.0 Å². The molecule has 0 aliphatic carbocycles. The van der Waals surface area contributed by atoms with Crippen molar-refractivity contribution in [1.82, 2.24) is 20.4 Å². The van der Waals surface area contributed by atoms with Gasteiger partial charge in [0.05, 0.1) is 13.2 Å². The highest BCUT2D eigenvalue weighted by molar-refractivity contribution is 5.79. The molecule has 1 saturated heterocycles. The largest absolute Gasteiger partial charge is 0.444 e. The van der Waals surface area contributed by atoms with Crippen molar-refractivity contribution in [3.8, 4) is 0 Å². The molecule has 1 amide bonds. The van der Waals surface area contributed by atoms with Crippen LogP contribution in [0.3, 0.4) is 0 Å². The molecular weight excluding hydrogens is 358 g/mol. The van der Waals surface area contributed by atoms with Gasteiger partial charge in [-0.15, -0.1) is 0 Å². The van der Waals surface area contributed by atoms with Gasteiger partial charge in [0.2, 0.25) is 0 Å². The average molecular weight is 400 g/mol. The fourth-order valence-electron chi connectivity index (χ4n) is 2.85. The number of morpholine rings is 1. The van der Waals surface area contributed by atoms with Crippen LogP contribution in [0.2, 0.25) is 0 Å². The molecule has 0 atom stereocenters. The second-order valence-electron chi connectivity index (χ2n) is 7.96. The van der Waals surface area contributed by atoms with E-state index >= 15 is 0 Å². The Hall–Kier alpha value is -1.54. The Labute approximate surface area is 171 Å². The van der Waals surface area contributed by atoms with Crippen molar-refractivity contribution in [3.63, 3.8) is 0 Å². The first-order valence-corrected chi connectivity index (χ1v) is 10.7. The van der Waals surface area contributed by atoms with Crippen molar-refractivity contribution < 1.29 is 14.3 Å². The minimum Gasteiger partial charge on any atom is -0.444 e. The van der Waals surface area contributed by atoms with Crippen LogP contribution in [0.5, 0.6) is 0 Å². The number of nitrogens with one attached hydrogen (secondary N) is 2. The van der Waals surface area contributed by atoms with Crippen molar-refractivity contribution in [2.24, 2.45) is 4.99 Å². The molecule has 0 unspecified atom stereocenters. The number of hydrogen-bond acceptors (Lipinski definition) is 5. The van der Waals surface area contributed by atoms with E-state index < -0.39 is 5.60 Å². The van der Waals surface area contributed by atoms with Crippen LogP contribution in [0.25, 0.3) is 0 Å². The summed E-state index contributed by atoms with van der Waals surface area (Å²) in [6.45, 7) is 18.0. The molecule has 0 bridgehead atoms. The lowest BCUT2D eigenvalue weighted by molar-refractivity contribution is 0.0253. The van der Waals surface area contributed by atoms with E-state index in [2.05, 4.69) is 34.4 Å². The number of hydrogen-bond donors (Lipinski definition) is 2. The minimum absolute atomic E-state index is 0.261. The Kier molecular flexibility index (Phi) is 11.9. The van der Waals surface area contributed by atoms with Gasteiger partial charge in [0.1, 0.15) is 5.60 Å². The molecule has 1 heterocycles. The maximum Gasteiger partial charge on any atom is 0.410 e. The van der Waals surface area contributed by atoms with E-state index in [0.29, 0.717) is 19.6 Å². The third-order valence-electron chi connectivity index (χ3n) is 4.17. The van der Waals surface area contributed by atoms with E-state index in [0.717, 1.165) is 64.7 Å². The first kappa shape index (κ1) is 24.5. The predicted octanol–water partition coefficient (Wildman–Crippen LogP) is 1.91. The first-order valence-electron chi connectivity index (χ1n) is 10.7. The number of rotatable bonds is 10. The molecule has 164 valence electrons. The van der Waals surface area contributed by atoms with E-state index in [1.54, 1.807) is 4.90 Å². The average Bonchev–Trinajstić information content (AvgIpc) is 2.64. The number of guanidine groups is 1. The summed E-state index contributed by atoms with van der Waals surface area (Å²) < 4.78 is 10.9. The maximum atomic E-state index is 12.3. The van der Waals surface area contributed by atoms with Crippen LogP contribution in [0.4, 0.5) is 4.79 Å². The summed E-state index contributed by atoms with van der Waals surface area (Å²) in [5, 5.41) is 6.59. The Morgan fingerprint density at radius 1 is 1.18 bits per heavy atom. The van der Waals surface area contributed by atoms with E-state index in [-0.39, 0.29) is 6.09 Å². The van der Waals surface area contributed by atoms with Gasteiger partial charge in [-0.2, -0.15) is 0 Å². The summed E-state index contributed by atoms with van der Waals surface area (Å²) in [6.07, 6.45) is 1.66. The second kappa shape index (κ2) is 13.6. The van der Waals surface area contributed by atoms with Gasteiger partial charge in [-0.25, -0.2) is 4.79 Å². The summed E-state index contributed by atoms with van der Waals surface area (Å²) in [4.78, 5) is 21.1. The molecule has 2 N–H and O–H groups in total. The smallest absolute Gasteiger partial charge is 0.410 e. The minimum atomic E-state index is -0.479. The fraction of sp³-hybridized carbons (Fsp3) is 0.900. The van der Waals surface area contributed by atoms with Gasteiger partial charge in [0, 0.05) is 52.4 Å². The fourth-order valence-corrected chi connectivity index (χ4v) is 2.85. The van der Waals surface area contributed by atoms with Crippen molar-refractivity contribution in [2.45, 2.75) is 53.1 Å². The van der Waals surface area contributed by atoms with E-state index in [4.69, 9.17) is 9.47 Å². The van der Waals surface area contributed by atoms with Crippen LogP contribution in [0.1, 0.15) is 47.5 Å². The lowest BCUT2D eigenvalue weighted by Gasteiger charge is -2.27. The highest BCUT2D eigenvalue weighted by Crippen LogP contribution is 2.10. The number of ether oxygens (including phenoxy) is 2. The Balaban J connectivity index is 2.38. The van der Waals surface area contributed by atoms with Crippen LogP contribution in [-0.2, 0) is 9.47 Å². The quantitative estimate of drug-likeness (QED) is 0.332. The normalized spacial score (nSPS) is 16.0. The first-order chi connectivity index (χ1) is 13.4. The van der Waals surface area contributed by atoms with Crippen molar-refractivity contribution in [2.75, 3.05) is 65.6 Å². The lowest BCUT2D eigenvalue weighted by atomic mass is 10.2. The number of carbonyl (C=O) groups is 1. The monoisotopic (exact) mass is 399 g/mol. The summed E-state index contributed by atoms with van der Waals surface area (Å²) in [5.41, 5.74) is -0.479. The van der Waals surface area contributed by atoms with Gasteiger partial charge >= 0.3 is 6.09 Å². The van der Waals surface area contributed by atoms with Crippen molar-refractivity contribution in [1.29, 1.82) is 0 Å². The molecule has 0 aromatic heterocycles. The standard InChI is InChI=1S/C20H41N5O3/c1-6-11-25(19(26)28-20(3,4)5)13-10-23-18(21-7-2)22-9-8-12-24-14-16-27-17-15-24/h6-17H2,1-5H3,(H2,21,22,23). The Morgan fingerprint density at radius 3 is 2.50 bits per heavy atom. The molecule has 8 nitrogen and oxygen atoms in total. The summed E-state index contributed by atoms with van der Waals surface area (Å²) in [5.74, 6) is 0.796. The zero-order valence-electron chi connectivity index (χ0n) is 18.6. The molecule has 0 spiro atoms. The molecule has 0 radical (unpaired) electrons. The molecule has 28 heavy (non-hydrogen) atoms. The summed E-state index contributed by atoms with van der Waals surface area (Å²) in [6, 6.07) is 0. The van der Waals surface area contributed by atoms with E-state index in [1.165, 1.54) is 0 Å². The Bertz CT molecular complexity index is 459. The van der Waals surface area contributed by atoms with Gasteiger partial charge in [-0.3, -0.25) is 9.89 Å². The van der Waals surface area contributed by atoms with Gasteiger partial charge in [-0.05, 0) is 40.5 Å². The molecule has 0 aromatic rings. The van der Waals surface area contributed by atoms with Crippen molar-refractivity contribution >= 4 is 12.1 Å². The topological polar surface area (TPSA) is 78.4 Å². The molecule has 8 heteroatoms. The molecule has 1 fully saturated rings. The molecule has 1 rings (SSSR count). The van der Waals surface area contributed by atoms with Gasteiger partial charge in [0.15, 0.2) is 5.96 Å². The SMILES string of the molecule is CCCN(CCNC(=NCCCN1CCOCC1)NCC)C(=O)OC(C)(C)C. The molecular formula is C20H41N5O3. The number of aliphatic imine (C=N–C) groups is 1. The van der Waals surface area contributed by atoms with Crippen LogP contribution in [0.15, 0.2) is 4.99 Å². The predicted molar refractivity (Wildman–Crippen MR) is 114 cm³/mol. The van der Waals surface area contributed by atoms with Crippen LogP contribution < -0.4 is 10.6 Å². The zero-order chi connectivity index (χ0) is 20.8. The highest BCUT2D eigenvalue weighted by Gasteiger charge is 2.21. The zero-order valence-corrected chi connectivity index (χ0v) is 18.6. The van der Waals surface area contributed by atoms with E-state index in [9.17, 15) is 4.79 Å². The summed E-state index contributed by atoms with van der Waals surface area (Å²) >= 11 is 0. The Morgan fingerprint density at radius 2 is 1.89 bits per heavy atom. The number of nitrogens with zero attached hydrogens (tertiary/aromatic N) is 3. The van der Waals surface area contributed by atoms with E-state index in [1.807, 2.05) is 20.8 Å². The van der Waals surface area contributed by atoms with Crippen molar-refractivity contribution in [3.05, 3.63) is 0 Å². The molecule has 0 saturated carbocycles. The summed E-state index contributed by atoms with van der Waals surface area (Å²) in [7, 11) is 0. The maximum absolute atomic E-state index is 12.3. The number of carbonyl (C=O) groups excluding carboxylic acids is 1. The van der Waals surface area contributed by atoms with Crippen LogP contribution >= 0.6 is 0 Å². The molecule has 1 aliphatic rings. The van der Waals surface area contributed by atoms with Crippen LogP contribution in [0, 0.1) is 0 Å².